The Morgan fingerprint density at radius 3 is 2.62 bits per heavy atom. The van der Waals surface area contributed by atoms with Gasteiger partial charge in [0.1, 0.15) is 11.1 Å². The number of thiophene rings is 1. The summed E-state index contributed by atoms with van der Waals surface area (Å²) in [7, 11) is 0. The summed E-state index contributed by atoms with van der Waals surface area (Å²) in [4.78, 5) is 36.2. The third-order valence-electron chi connectivity index (χ3n) is 3.66. The first-order valence-electron chi connectivity index (χ1n) is 7.84. The van der Waals surface area contributed by atoms with Gasteiger partial charge in [-0.25, -0.2) is 0 Å². The van der Waals surface area contributed by atoms with Crippen molar-refractivity contribution in [3.63, 3.8) is 0 Å². The van der Waals surface area contributed by atoms with Crippen LogP contribution in [0.3, 0.4) is 0 Å². The molecule has 0 aliphatic rings. The molecule has 0 spiro atoms. The molecule has 2 rings (SSSR count). The second-order valence-electron chi connectivity index (χ2n) is 5.92. The lowest BCUT2D eigenvalue weighted by atomic mass is 10.0. The van der Waals surface area contributed by atoms with E-state index in [1.807, 2.05) is 17.5 Å². The molecule has 0 fully saturated rings. The first-order valence-corrected chi connectivity index (χ1v) is 9.10. The molecule has 0 saturated heterocycles. The Morgan fingerprint density at radius 2 is 2.04 bits per heavy atom. The van der Waals surface area contributed by atoms with Crippen molar-refractivity contribution >= 4 is 40.4 Å². The minimum absolute atomic E-state index is 0.0550. The van der Waals surface area contributed by atoms with Gasteiger partial charge >= 0.3 is 0 Å². The van der Waals surface area contributed by atoms with E-state index in [-0.39, 0.29) is 28.1 Å². The zero-order chi connectivity index (χ0) is 19.3. The molecule has 0 bridgehead atoms. The van der Waals surface area contributed by atoms with Crippen LogP contribution in [-0.4, -0.2) is 22.8 Å². The minimum atomic E-state index is -0.766. The monoisotopic (exact) mass is 395 g/mol. The Morgan fingerprint density at radius 1 is 1.31 bits per heavy atom. The zero-order valence-corrected chi connectivity index (χ0v) is 15.8. The normalized spacial score (nSPS) is 11.8. The van der Waals surface area contributed by atoms with Crippen LogP contribution in [0, 0.1) is 16.0 Å². The average molecular weight is 396 g/mol. The molecule has 26 heavy (non-hydrogen) atoms. The standard InChI is InChI=1S/C17H18ClN3O4S/c1-10(2)15(17(23)19-9-12-4-3-7-26-12)20-16(22)11-5-6-13(18)14(8-11)21(24)25/h3-8,10,15H,9H2,1-2H3,(H,19,23)(H,20,22). The predicted molar refractivity (Wildman–Crippen MR) is 100 cm³/mol. The van der Waals surface area contributed by atoms with Crippen molar-refractivity contribution in [1.29, 1.82) is 0 Å². The van der Waals surface area contributed by atoms with Crippen molar-refractivity contribution in [2.45, 2.75) is 26.4 Å². The number of rotatable bonds is 7. The molecule has 0 radical (unpaired) electrons. The quantitative estimate of drug-likeness (QED) is 0.554. The van der Waals surface area contributed by atoms with E-state index in [1.54, 1.807) is 13.8 Å². The number of nitro benzene ring substituents is 1. The molecule has 1 aromatic carbocycles. The summed E-state index contributed by atoms with van der Waals surface area (Å²) in [6, 6.07) is 6.79. The Labute approximate surface area is 159 Å². The highest BCUT2D eigenvalue weighted by molar-refractivity contribution is 7.09. The molecule has 138 valence electrons. The molecule has 2 N–H and O–H groups in total. The number of nitrogens with zero attached hydrogens (tertiary/aromatic N) is 1. The maximum absolute atomic E-state index is 12.4. The Kier molecular flexibility index (Phi) is 6.70. The van der Waals surface area contributed by atoms with Gasteiger partial charge in [0.2, 0.25) is 5.91 Å². The molecule has 0 aliphatic carbocycles. The number of benzene rings is 1. The van der Waals surface area contributed by atoms with Gasteiger partial charge in [0, 0.05) is 16.5 Å². The fraction of sp³-hybridized carbons (Fsp3) is 0.294. The van der Waals surface area contributed by atoms with Crippen LogP contribution in [0.4, 0.5) is 5.69 Å². The number of carbonyl (C=O) groups excluding carboxylic acids is 2. The number of carbonyl (C=O) groups is 2. The van der Waals surface area contributed by atoms with Crippen LogP contribution in [-0.2, 0) is 11.3 Å². The van der Waals surface area contributed by atoms with Gasteiger partial charge in [-0.1, -0.05) is 31.5 Å². The molecule has 2 amide bonds. The van der Waals surface area contributed by atoms with E-state index in [0.717, 1.165) is 10.9 Å². The summed E-state index contributed by atoms with van der Waals surface area (Å²) < 4.78 is 0. The van der Waals surface area contributed by atoms with Crippen LogP contribution in [0.1, 0.15) is 29.1 Å². The van der Waals surface area contributed by atoms with Gasteiger partial charge in [-0.15, -0.1) is 11.3 Å². The van der Waals surface area contributed by atoms with Crippen molar-refractivity contribution in [3.8, 4) is 0 Å². The first-order chi connectivity index (χ1) is 12.3. The minimum Gasteiger partial charge on any atom is -0.349 e. The Hall–Kier alpha value is -2.45. The van der Waals surface area contributed by atoms with Crippen LogP contribution < -0.4 is 10.6 Å². The Bertz CT molecular complexity index is 808. The smallest absolute Gasteiger partial charge is 0.288 e. The SMILES string of the molecule is CC(C)C(NC(=O)c1ccc(Cl)c([N+](=O)[O-])c1)C(=O)NCc1cccs1. The highest BCUT2D eigenvalue weighted by Crippen LogP contribution is 2.25. The van der Waals surface area contributed by atoms with E-state index in [2.05, 4.69) is 10.6 Å². The van der Waals surface area contributed by atoms with E-state index in [1.165, 1.54) is 23.5 Å². The summed E-state index contributed by atoms with van der Waals surface area (Å²) >= 11 is 7.28. The molecule has 0 aliphatic heterocycles. The number of nitro groups is 1. The molecular weight excluding hydrogens is 378 g/mol. The topological polar surface area (TPSA) is 101 Å². The summed E-state index contributed by atoms with van der Waals surface area (Å²) in [6.45, 7) is 3.99. The lowest BCUT2D eigenvalue weighted by Gasteiger charge is -2.21. The van der Waals surface area contributed by atoms with Crippen molar-refractivity contribution in [2.75, 3.05) is 0 Å². The summed E-state index contributed by atoms with van der Waals surface area (Å²) in [6.07, 6.45) is 0. The van der Waals surface area contributed by atoms with Crippen LogP contribution in [0.2, 0.25) is 5.02 Å². The predicted octanol–water partition coefficient (Wildman–Crippen LogP) is 3.38. The third kappa shape index (κ3) is 5.03. The average Bonchev–Trinajstić information content (AvgIpc) is 3.10. The maximum Gasteiger partial charge on any atom is 0.288 e. The number of halogens is 1. The molecule has 1 unspecified atom stereocenters. The van der Waals surface area contributed by atoms with Crippen molar-refractivity contribution in [1.82, 2.24) is 10.6 Å². The Balaban J connectivity index is 2.09. The maximum atomic E-state index is 12.4. The molecule has 1 heterocycles. The molecule has 0 saturated carbocycles. The number of hydrogen-bond donors (Lipinski definition) is 2. The van der Waals surface area contributed by atoms with Gasteiger partial charge in [0.15, 0.2) is 0 Å². The lowest BCUT2D eigenvalue weighted by Crippen LogP contribution is -2.49. The highest BCUT2D eigenvalue weighted by atomic mass is 35.5. The van der Waals surface area contributed by atoms with Crippen LogP contribution in [0.15, 0.2) is 35.7 Å². The van der Waals surface area contributed by atoms with Crippen molar-refractivity contribution in [3.05, 3.63) is 61.3 Å². The van der Waals surface area contributed by atoms with E-state index in [9.17, 15) is 19.7 Å². The van der Waals surface area contributed by atoms with Gasteiger partial charge in [0.25, 0.3) is 11.6 Å². The molecule has 1 atom stereocenters. The first kappa shape index (κ1) is 19.9. The van der Waals surface area contributed by atoms with Gasteiger partial charge in [-0.2, -0.15) is 0 Å². The number of amides is 2. The van der Waals surface area contributed by atoms with Crippen LogP contribution >= 0.6 is 22.9 Å². The highest BCUT2D eigenvalue weighted by Gasteiger charge is 2.25. The second-order valence-corrected chi connectivity index (χ2v) is 7.36. The number of hydrogen-bond acceptors (Lipinski definition) is 5. The third-order valence-corrected chi connectivity index (χ3v) is 4.85. The molecule has 9 heteroatoms. The summed E-state index contributed by atoms with van der Waals surface area (Å²) in [5, 5.41) is 18.2. The van der Waals surface area contributed by atoms with Gasteiger partial charge in [-0.05, 0) is 29.5 Å². The van der Waals surface area contributed by atoms with Crippen LogP contribution in [0.25, 0.3) is 0 Å². The van der Waals surface area contributed by atoms with E-state index >= 15 is 0 Å². The van der Waals surface area contributed by atoms with Crippen LogP contribution in [0.5, 0.6) is 0 Å². The fourth-order valence-electron chi connectivity index (χ4n) is 2.25. The van der Waals surface area contributed by atoms with Gasteiger partial charge in [0.05, 0.1) is 11.5 Å². The number of nitrogens with one attached hydrogen (secondary N) is 2. The van der Waals surface area contributed by atoms with E-state index in [0.29, 0.717) is 6.54 Å². The molecular formula is C17H18ClN3O4S. The lowest BCUT2D eigenvalue weighted by molar-refractivity contribution is -0.384. The summed E-state index contributed by atoms with van der Waals surface area (Å²) in [5.41, 5.74) is -0.291. The molecule has 1 aromatic heterocycles. The second kappa shape index (κ2) is 8.77. The molecule has 2 aromatic rings. The zero-order valence-electron chi connectivity index (χ0n) is 14.2. The largest absolute Gasteiger partial charge is 0.349 e. The summed E-state index contributed by atoms with van der Waals surface area (Å²) in [5.74, 6) is -1.05. The molecule has 7 nitrogen and oxygen atoms in total. The van der Waals surface area contributed by atoms with Gasteiger partial charge < -0.3 is 10.6 Å². The van der Waals surface area contributed by atoms with Crippen molar-refractivity contribution < 1.29 is 14.5 Å². The fourth-order valence-corrected chi connectivity index (χ4v) is 3.08. The van der Waals surface area contributed by atoms with E-state index < -0.39 is 16.9 Å². The van der Waals surface area contributed by atoms with Gasteiger partial charge in [-0.3, -0.25) is 19.7 Å². The van der Waals surface area contributed by atoms with Crippen molar-refractivity contribution in [2.24, 2.45) is 5.92 Å². The van der Waals surface area contributed by atoms with E-state index in [4.69, 9.17) is 11.6 Å².